The van der Waals surface area contributed by atoms with E-state index in [1.54, 1.807) is 51.1 Å². The maximum Gasteiger partial charge on any atom is 0.327 e. The molecular formula is C55H82N14O14S2. The topological polar surface area (TPSA) is 456 Å². The lowest BCUT2D eigenvalue weighted by molar-refractivity contribution is -0.148. The van der Waals surface area contributed by atoms with Crippen LogP contribution in [0.2, 0.25) is 0 Å². The summed E-state index contributed by atoms with van der Waals surface area (Å²) in [6.07, 6.45) is -1.03. The molecule has 85 heavy (non-hydrogen) atoms. The summed E-state index contributed by atoms with van der Waals surface area (Å²) in [5, 5.41) is 48.8. The van der Waals surface area contributed by atoms with E-state index < -0.39 is 144 Å². The quantitative estimate of drug-likeness (QED) is 0.0147. The van der Waals surface area contributed by atoms with Gasteiger partial charge in [0, 0.05) is 50.4 Å². The zero-order chi connectivity index (χ0) is 63.1. The summed E-state index contributed by atoms with van der Waals surface area (Å²) >= 11 is 8.05. The van der Waals surface area contributed by atoms with E-state index in [1.165, 1.54) is 29.2 Å². The Morgan fingerprint density at radius 2 is 1.27 bits per heavy atom. The summed E-state index contributed by atoms with van der Waals surface area (Å²) in [7, 11) is 0. The summed E-state index contributed by atoms with van der Waals surface area (Å²) in [6, 6.07) is 0.275. The number of aliphatic hydroxyl groups is 1. The number of carbonyl (C=O) groups is 11. The van der Waals surface area contributed by atoms with Gasteiger partial charge in [-0.05, 0) is 67.7 Å². The van der Waals surface area contributed by atoms with Crippen molar-refractivity contribution in [2.24, 2.45) is 33.8 Å². The predicted molar refractivity (Wildman–Crippen MR) is 318 cm³/mol. The third-order valence-electron chi connectivity index (χ3n) is 14.6. The van der Waals surface area contributed by atoms with Crippen molar-refractivity contribution < 1.29 is 68.1 Å². The zero-order valence-electron chi connectivity index (χ0n) is 47.8. The number of carbonyl (C=O) groups excluding carboxylic acids is 10. The molecule has 12 atom stereocenters. The molecular weight excluding hydrogens is 1140 g/mol. The fraction of sp³-hybridized carbons (Fsp3) is 0.564. The van der Waals surface area contributed by atoms with Gasteiger partial charge < -0.3 is 85.3 Å². The van der Waals surface area contributed by atoms with E-state index in [9.17, 15) is 63.3 Å². The number of hydrogen-bond donors (Lipinski definition) is 16. The number of aliphatic carboxylic acids is 1. The van der Waals surface area contributed by atoms with Crippen LogP contribution in [0.25, 0.3) is 0 Å². The minimum atomic E-state index is -1.56. The Bertz CT molecular complexity index is 2690. The lowest BCUT2D eigenvalue weighted by Crippen LogP contribution is -2.60. The molecule has 0 bridgehead atoms. The molecule has 28 nitrogen and oxygen atoms in total. The van der Waals surface area contributed by atoms with Crippen molar-refractivity contribution in [3.05, 3.63) is 65.7 Å². The molecule has 2 heterocycles. The standard InChI is InChI=1S/C55H82N14O14S2/c1-4-11-35(46(74)65-39(28-85)54(82)83)63-51(79)43(29(3)5-2)66-50(78)41-25-33(71)26-69(41)52(80)40-15-10-23-68(40)53(81)44(31-12-7-6-8-13-31)67-49(77)38(24-30-16-18-32(70)19-17-30)64-48(76)37(20-21-42(57)72)62-47(75)36(14-9-22-60-55(58)59)61-45(73)34(56)27-84/h6-8,12-13,16-19,29,33-41,43-44,70-71,84-85H,4-5,9-11,14-15,20-28,56H2,1-3H3,(H2,57,72)(H,61,73)(H,62,75)(H,63,79)(H,64,76)(H,65,74)(H,66,78)(H,67,77)(H,82,83)(H4,58,59,60)/t29-,33+,34-,35-,36-,37-,38-,39-,40-,41-,43-,44-/m0/s1. The maximum atomic E-state index is 15.1. The monoisotopic (exact) mass is 1230 g/mol. The van der Waals surface area contributed by atoms with Gasteiger partial charge in [-0.1, -0.05) is 76.1 Å². The van der Waals surface area contributed by atoms with Gasteiger partial charge in [-0.15, -0.1) is 0 Å². The largest absolute Gasteiger partial charge is 0.508 e. The third-order valence-corrected chi connectivity index (χ3v) is 15.3. The average Bonchev–Trinajstić information content (AvgIpc) is 2.55. The Balaban J connectivity index is 1.64. The number of carboxylic acids is 1. The van der Waals surface area contributed by atoms with Crippen molar-refractivity contribution >= 4 is 96.3 Å². The summed E-state index contributed by atoms with van der Waals surface area (Å²) in [4.78, 5) is 158. The van der Waals surface area contributed by atoms with Crippen LogP contribution >= 0.6 is 25.3 Å². The van der Waals surface area contributed by atoms with Crippen molar-refractivity contribution in [2.75, 3.05) is 31.1 Å². The number of phenols is 1. The first-order valence-corrected chi connectivity index (χ1v) is 29.4. The van der Waals surface area contributed by atoms with E-state index >= 15 is 4.79 Å². The number of aromatic hydroxyl groups is 1. The first kappa shape index (κ1) is 69.8. The Labute approximate surface area is 503 Å². The molecule has 2 fully saturated rings. The number of carboxylic acid groups (broad SMARTS) is 1. The van der Waals surface area contributed by atoms with E-state index in [4.69, 9.17) is 22.9 Å². The molecule has 10 amide bonds. The number of thiol groups is 2. The molecule has 4 rings (SSSR count). The highest BCUT2D eigenvalue weighted by Gasteiger charge is 2.47. The van der Waals surface area contributed by atoms with Crippen LogP contribution in [0.15, 0.2) is 59.6 Å². The van der Waals surface area contributed by atoms with Crippen molar-refractivity contribution in [3.63, 3.8) is 0 Å². The van der Waals surface area contributed by atoms with Gasteiger partial charge in [-0.25, -0.2) is 4.79 Å². The van der Waals surface area contributed by atoms with Crippen molar-refractivity contribution in [3.8, 4) is 5.75 Å². The van der Waals surface area contributed by atoms with E-state index in [-0.39, 0.29) is 93.4 Å². The highest BCUT2D eigenvalue weighted by Crippen LogP contribution is 2.29. The Morgan fingerprint density at radius 3 is 1.85 bits per heavy atom. The van der Waals surface area contributed by atoms with Gasteiger partial charge in [-0.3, -0.25) is 52.9 Å². The van der Waals surface area contributed by atoms with Crippen LogP contribution in [0.4, 0.5) is 0 Å². The number of hydrogen-bond acceptors (Lipinski definition) is 17. The van der Waals surface area contributed by atoms with Crippen LogP contribution in [-0.4, -0.2) is 188 Å². The van der Waals surface area contributed by atoms with Gasteiger partial charge in [0.1, 0.15) is 60.1 Å². The van der Waals surface area contributed by atoms with E-state index in [0.29, 0.717) is 24.8 Å². The molecule has 468 valence electrons. The van der Waals surface area contributed by atoms with E-state index in [1.807, 2.05) is 0 Å². The molecule has 2 aromatic carbocycles. The lowest BCUT2D eigenvalue weighted by Gasteiger charge is -2.34. The van der Waals surface area contributed by atoms with Crippen LogP contribution in [-0.2, 0) is 59.2 Å². The molecule has 30 heteroatoms. The minimum Gasteiger partial charge on any atom is -0.508 e. The molecule has 0 unspecified atom stereocenters. The number of aliphatic imine (C=N–C) groups is 1. The van der Waals surface area contributed by atoms with Gasteiger partial charge in [0.15, 0.2) is 5.96 Å². The number of benzene rings is 2. The third kappa shape index (κ3) is 21.1. The van der Waals surface area contributed by atoms with Crippen LogP contribution in [0.3, 0.4) is 0 Å². The summed E-state index contributed by atoms with van der Waals surface area (Å²) in [5.74, 6) is -10.6. The number of aliphatic hydroxyl groups excluding tert-OH is 1. The molecule has 0 aromatic heterocycles. The van der Waals surface area contributed by atoms with Gasteiger partial charge in [0.05, 0.1) is 12.1 Å². The average molecular weight is 1230 g/mol. The van der Waals surface area contributed by atoms with Crippen LogP contribution < -0.4 is 60.2 Å². The van der Waals surface area contributed by atoms with Gasteiger partial charge in [-0.2, -0.15) is 25.3 Å². The first-order chi connectivity index (χ1) is 40.3. The lowest BCUT2D eigenvalue weighted by atomic mass is 9.97. The number of nitrogens with two attached hydrogens (primary N) is 4. The normalized spacial score (nSPS) is 18.7. The Hall–Kier alpha value is -7.70. The number of rotatable bonds is 33. The molecule has 0 aliphatic carbocycles. The number of likely N-dealkylation sites (tertiary alicyclic amines) is 2. The van der Waals surface area contributed by atoms with Crippen molar-refractivity contribution in [2.45, 2.75) is 158 Å². The van der Waals surface area contributed by atoms with Gasteiger partial charge in [0.25, 0.3) is 0 Å². The Morgan fingerprint density at radius 1 is 0.694 bits per heavy atom. The maximum absolute atomic E-state index is 15.1. The molecule has 0 saturated carbocycles. The number of nitrogens with zero attached hydrogens (tertiary/aromatic N) is 3. The summed E-state index contributed by atoms with van der Waals surface area (Å²) in [5.41, 5.74) is 22.9. The molecule has 2 aliphatic heterocycles. The van der Waals surface area contributed by atoms with Crippen molar-refractivity contribution in [1.29, 1.82) is 0 Å². The number of β-amino-alcohol motifs (C(OH)–C–C–N with tert-alkyl or cyclic N) is 1. The minimum absolute atomic E-state index is 0.0108. The molecule has 2 aliphatic rings. The number of nitrogens with one attached hydrogen (secondary N) is 7. The fourth-order valence-electron chi connectivity index (χ4n) is 9.67. The van der Waals surface area contributed by atoms with E-state index in [2.05, 4.69) is 67.5 Å². The molecule has 2 aromatic rings. The van der Waals surface area contributed by atoms with Crippen LogP contribution in [0.1, 0.15) is 102 Å². The van der Waals surface area contributed by atoms with E-state index in [0.717, 1.165) is 4.90 Å². The molecule has 0 radical (unpaired) electrons. The summed E-state index contributed by atoms with van der Waals surface area (Å²) in [6.45, 7) is 4.98. The summed E-state index contributed by atoms with van der Waals surface area (Å²) < 4.78 is 0. The zero-order valence-corrected chi connectivity index (χ0v) is 49.6. The fourth-order valence-corrected chi connectivity index (χ4v) is 10.1. The highest BCUT2D eigenvalue weighted by molar-refractivity contribution is 7.80. The van der Waals surface area contributed by atoms with Gasteiger partial charge in [0.2, 0.25) is 59.1 Å². The van der Waals surface area contributed by atoms with Gasteiger partial charge >= 0.3 is 5.97 Å². The first-order valence-electron chi connectivity index (χ1n) is 28.1. The molecule has 18 N–H and O–H groups in total. The predicted octanol–water partition coefficient (Wildman–Crippen LogP) is -2.91. The number of primary amides is 1. The number of phenolic OH excluding ortho intramolecular Hbond substituents is 1. The van der Waals surface area contributed by atoms with Crippen LogP contribution in [0.5, 0.6) is 5.75 Å². The van der Waals surface area contributed by atoms with Crippen LogP contribution in [0, 0.1) is 5.92 Å². The second kappa shape index (κ2) is 34.3. The smallest absolute Gasteiger partial charge is 0.327 e. The number of guanidine groups is 1. The Kier molecular flexibility index (Phi) is 28.2. The van der Waals surface area contributed by atoms with Crippen molar-refractivity contribution in [1.82, 2.24) is 47.0 Å². The SMILES string of the molecule is CCC[C@H](NC(=O)[C@@H](NC(=O)[C@@H]1C[C@@H](O)CN1C(=O)[C@@H]1CCCN1C(=O)[C@@H](NC(=O)[C@H](Cc1ccc(O)cc1)NC(=O)[C@H](CCC(N)=O)NC(=O)[C@H](CCCN=C(N)N)NC(=O)[C@@H](N)CS)c1ccccc1)[C@@H](C)CC)C(=O)N[C@@H](CS)C(=O)O. The second-order valence-corrected chi connectivity index (χ2v) is 21.8. The highest BCUT2D eigenvalue weighted by atomic mass is 32.1. The second-order valence-electron chi connectivity index (χ2n) is 21.0. The molecule has 2 saturated heterocycles. The molecule has 0 spiro atoms. The number of amides is 10.